The van der Waals surface area contributed by atoms with Crippen LogP contribution in [0.25, 0.3) is 0 Å². The topological polar surface area (TPSA) is 26.0 Å². The number of hydrogen-bond donors (Lipinski definition) is 1. The Labute approximate surface area is 113 Å². The monoisotopic (exact) mass is 253 g/mol. The predicted octanol–water partition coefficient (Wildman–Crippen LogP) is 3.20. The molecule has 0 unspecified atom stereocenters. The Morgan fingerprint density at radius 2 is 1.33 bits per heavy atom. The maximum atomic E-state index is 6.00. The van der Waals surface area contributed by atoms with Gasteiger partial charge in [-0.2, -0.15) is 0 Å². The second-order valence-electron chi connectivity index (χ2n) is 4.73. The van der Waals surface area contributed by atoms with Gasteiger partial charge in [-0.15, -0.1) is 0 Å². The zero-order valence-corrected chi connectivity index (χ0v) is 10.9. The number of thiocarbonyl (C=S) groups is 1. The lowest BCUT2D eigenvalue weighted by molar-refractivity contribution is 0.965. The van der Waals surface area contributed by atoms with Gasteiger partial charge < -0.3 is 5.73 Å². The highest BCUT2D eigenvalue weighted by Gasteiger charge is 2.24. The Kier molecular flexibility index (Phi) is 2.88. The van der Waals surface area contributed by atoms with Crippen LogP contribution >= 0.6 is 12.2 Å². The SMILES string of the molecule is NC(=S)C1c2ccccc2CCc2ccccc21. The van der Waals surface area contributed by atoms with E-state index < -0.39 is 0 Å². The van der Waals surface area contributed by atoms with E-state index in [1.165, 1.54) is 22.3 Å². The summed E-state index contributed by atoms with van der Waals surface area (Å²) in [4.78, 5) is 0.566. The molecule has 2 aromatic rings. The second-order valence-corrected chi connectivity index (χ2v) is 5.20. The average molecular weight is 253 g/mol. The summed E-state index contributed by atoms with van der Waals surface area (Å²) in [5.41, 5.74) is 11.3. The zero-order valence-electron chi connectivity index (χ0n) is 10.1. The Morgan fingerprint density at radius 1 is 0.889 bits per heavy atom. The molecule has 3 rings (SSSR count). The maximum absolute atomic E-state index is 6.00. The average Bonchev–Trinajstić information content (AvgIpc) is 2.55. The van der Waals surface area contributed by atoms with Crippen molar-refractivity contribution in [3.05, 3.63) is 70.8 Å². The molecule has 2 aromatic carbocycles. The van der Waals surface area contributed by atoms with E-state index in [0.29, 0.717) is 4.99 Å². The Balaban J connectivity index is 2.24. The zero-order chi connectivity index (χ0) is 12.5. The molecule has 90 valence electrons. The van der Waals surface area contributed by atoms with Crippen molar-refractivity contribution in [3.63, 3.8) is 0 Å². The van der Waals surface area contributed by atoms with Crippen LogP contribution < -0.4 is 5.73 Å². The van der Waals surface area contributed by atoms with Crippen molar-refractivity contribution in [1.82, 2.24) is 0 Å². The van der Waals surface area contributed by atoms with Crippen LogP contribution in [0.5, 0.6) is 0 Å². The maximum Gasteiger partial charge on any atom is 0.0848 e. The quantitative estimate of drug-likeness (QED) is 0.790. The van der Waals surface area contributed by atoms with Crippen molar-refractivity contribution < 1.29 is 0 Å². The first-order chi connectivity index (χ1) is 8.77. The minimum atomic E-state index is 0.0647. The largest absolute Gasteiger partial charge is 0.393 e. The minimum absolute atomic E-state index is 0.0647. The molecule has 0 saturated carbocycles. The smallest absolute Gasteiger partial charge is 0.0848 e. The van der Waals surface area contributed by atoms with Gasteiger partial charge in [0, 0.05) is 0 Å². The molecule has 0 bridgehead atoms. The van der Waals surface area contributed by atoms with Gasteiger partial charge in [0.05, 0.1) is 10.9 Å². The van der Waals surface area contributed by atoms with E-state index in [2.05, 4.69) is 48.5 Å². The van der Waals surface area contributed by atoms with Crippen molar-refractivity contribution in [3.8, 4) is 0 Å². The van der Waals surface area contributed by atoms with E-state index in [1.54, 1.807) is 0 Å². The number of nitrogens with two attached hydrogens (primary N) is 1. The van der Waals surface area contributed by atoms with Crippen LogP contribution in [0.3, 0.4) is 0 Å². The van der Waals surface area contributed by atoms with Crippen LogP contribution in [0, 0.1) is 0 Å². The number of benzene rings is 2. The van der Waals surface area contributed by atoms with Gasteiger partial charge in [0.1, 0.15) is 0 Å². The van der Waals surface area contributed by atoms with E-state index in [9.17, 15) is 0 Å². The van der Waals surface area contributed by atoms with Gasteiger partial charge in [-0.3, -0.25) is 0 Å². The third-order valence-electron chi connectivity index (χ3n) is 3.68. The summed E-state index contributed by atoms with van der Waals surface area (Å²) in [6.45, 7) is 0. The lowest BCUT2D eigenvalue weighted by atomic mass is 9.88. The highest BCUT2D eigenvalue weighted by molar-refractivity contribution is 7.80. The first-order valence-electron chi connectivity index (χ1n) is 6.22. The fraction of sp³-hybridized carbons (Fsp3) is 0.188. The molecule has 2 heteroatoms. The van der Waals surface area contributed by atoms with Crippen molar-refractivity contribution in [2.24, 2.45) is 5.73 Å². The molecule has 0 aromatic heterocycles. The van der Waals surface area contributed by atoms with Gasteiger partial charge in [-0.25, -0.2) is 0 Å². The van der Waals surface area contributed by atoms with Crippen molar-refractivity contribution in [2.45, 2.75) is 18.8 Å². The van der Waals surface area contributed by atoms with Gasteiger partial charge in [0.15, 0.2) is 0 Å². The molecular formula is C16H15NS. The molecule has 0 saturated heterocycles. The standard InChI is InChI=1S/C16H15NS/c17-16(18)15-13-7-3-1-5-11(13)9-10-12-6-2-4-8-14(12)15/h1-8,15H,9-10H2,(H2,17,18). The van der Waals surface area contributed by atoms with Crippen LogP contribution in [0.2, 0.25) is 0 Å². The van der Waals surface area contributed by atoms with E-state index in [0.717, 1.165) is 12.8 Å². The van der Waals surface area contributed by atoms with E-state index in [4.69, 9.17) is 18.0 Å². The molecule has 0 spiro atoms. The van der Waals surface area contributed by atoms with E-state index >= 15 is 0 Å². The van der Waals surface area contributed by atoms with Gasteiger partial charge >= 0.3 is 0 Å². The molecule has 18 heavy (non-hydrogen) atoms. The molecule has 1 aliphatic rings. The van der Waals surface area contributed by atoms with Crippen molar-refractivity contribution >= 4 is 17.2 Å². The molecule has 0 radical (unpaired) electrons. The molecule has 0 aliphatic heterocycles. The fourth-order valence-corrected chi connectivity index (χ4v) is 3.08. The summed E-state index contributed by atoms with van der Waals surface area (Å²) in [6.07, 6.45) is 2.12. The molecule has 2 N–H and O–H groups in total. The second kappa shape index (κ2) is 4.54. The van der Waals surface area contributed by atoms with Crippen LogP contribution in [0.1, 0.15) is 28.2 Å². The minimum Gasteiger partial charge on any atom is -0.393 e. The summed E-state index contributed by atoms with van der Waals surface area (Å²) in [5, 5.41) is 0. The summed E-state index contributed by atoms with van der Waals surface area (Å²) >= 11 is 5.31. The molecule has 1 nitrogen and oxygen atoms in total. The molecule has 0 amide bonds. The predicted molar refractivity (Wildman–Crippen MR) is 78.9 cm³/mol. The number of aryl methyl sites for hydroxylation is 2. The summed E-state index contributed by atoms with van der Waals surface area (Å²) < 4.78 is 0. The first-order valence-corrected chi connectivity index (χ1v) is 6.63. The highest BCUT2D eigenvalue weighted by atomic mass is 32.1. The molecule has 1 aliphatic carbocycles. The van der Waals surface area contributed by atoms with E-state index in [-0.39, 0.29) is 5.92 Å². The fourth-order valence-electron chi connectivity index (χ4n) is 2.83. The molecule has 0 atom stereocenters. The third-order valence-corrected chi connectivity index (χ3v) is 3.92. The molecule has 0 heterocycles. The summed E-state index contributed by atoms with van der Waals surface area (Å²) in [6, 6.07) is 17.0. The normalized spacial score (nSPS) is 14.4. The van der Waals surface area contributed by atoms with Crippen molar-refractivity contribution in [2.75, 3.05) is 0 Å². The van der Waals surface area contributed by atoms with Crippen LogP contribution in [0.4, 0.5) is 0 Å². The molecular weight excluding hydrogens is 238 g/mol. The Morgan fingerprint density at radius 3 is 1.78 bits per heavy atom. The van der Waals surface area contributed by atoms with Gasteiger partial charge in [0.25, 0.3) is 0 Å². The van der Waals surface area contributed by atoms with E-state index in [1.807, 2.05) is 0 Å². The number of fused-ring (bicyclic) bond motifs is 2. The van der Waals surface area contributed by atoms with Gasteiger partial charge in [0.2, 0.25) is 0 Å². The summed E-state index contributed by atoms with van der Waals surface area (Å²) in [5.74, 6) is 0.0647. The number of hydrogen-bond acceptors (Lipinski definition) is 1. The van der Waals surface area contributed by atoms with Crippen LogP contribution in [-0.4, -0.2) is 4.99 Å². The summed E-state index contributed by atoms with van der Waals surface area (Å²) in [7, 11) is 0. The first kappa shape index (κ1) is 11.4. The molecule has 0 fully saturated rings. The van der Waals surface area contributed by atoms with Gasteiger partial charge in [-0.05, 0) is 35.1 Å². The lowest BCUT2D eigenvalue weighted by Gasteiger charge is -2.18. The van der Waals surface area contributed by atoms with Gasteiger partial charge in [-0.1, -0.05) is 60.7 Å². The highest BCUT2D eigenvalue weighted by Crippen LogP contribution is 2.34. The van der Waals surface area contributed by atoms with Crippen LogP contribution in [0.15, 0.2) is 48.5 Å². The lowest BCUT2D eigenvalue weighted by Crippen LogP contribution is -2.21. The number of rotatable bonds is 1. The van der Waals surface area contributed by atoms with Crippen molar-refractivity contribution in [1.29, 1.82) is 0 Å². The van der Waals surface area contributed by atoms with Crippen LogP contribution in [-0.2, 0) is 12.8 Å². The Bertz CT molecular complexity index is 556. The Hall–Kier alpha value is -1.67. The third kappa shape index (κ3) is 1.83.